The molecule has 0 saturated carbocycles. The molecule has 3 rings (SSSR count). The molecule has 0 amide bonds. The molecule has 2 aromatic rings. The van der Waals surface area contributed by atoms with Gasteiger partial charge in [-0.05, 0) is 73.9 Å². The summed E-state index contributed by atoms with van der Waals surface area (Å²) < 4.78 is 1.45. The van der Waals surface area contributed by atoms with Crippen LogP contribution < -0.4 is 0 Å². The number of benzene rings is 2. The standard InChI is InChI=1S/C37H54N2.Ni.2H/c1-4-7-10-12-14-17-19-31-22-26-33(27-23-31)36-30-35(21-16-9-6-3)37(39(36)38)34-28-24-32(25-29-34)20-18-15-13-11-8-5-2;;;/h22-30H,4-21H2,1-3H3;;;/q;;2*-1. The Morgan fingerprint density at radius 3 is 1.43 bits per heavy atom. The molecule has 226 valence electrons. The van der Waals surface area contributed by atoms with Crippen LogP contribution in [-0.2, 0) is 29.3 Å². The molecule has 0 bridgehead atoms. The minimum atomic E-state index is 0. The number of aryl methyl sites for hydroxylation is 2. The molecule has 2 aromatic carbocycles. The van der Waals surface area contributed by atoms with Crippen LogP contribution in [0.15, 0.2) is 60.2 Å². The zero-order valence-corrected chi connectivity index (χ0v) is 26.6. The van der Waals surface area contributed by atoms with Gasteiger partial charge in [-0.25, -0.2) is 4.70 Å². The third-order valence-electron chi connectivity index (χ3n) is 8.22. The third kappa shape index (κ3) is 11.1. The summed E-state index contributed by atoms with van der Waals surface area (Å²) in [5, 5.41) is 0. The minimum absolute atomic E-state index is 0. The van der Waals surface area contributed by atoms with Crippen LogP contribution in [0.25, 0.3) is 16.9 Å². The summed E-state index contributed by atoms with van der Waals surface area (Å²) in [6.07, 6.45) is 25.0. The molecule has 0 fully saturated rings. The van der Waals surface area contributed by atoms with Gasteiger partial charge in [0, 0.05) is 39.3 Å². The van der Waals surface area contributed by atoms with Gasteiger partial charge in [-0.1, -0.05) is 122 Å². The largest absolute Gasteiger partial charge is 1.00 e. The number of hydrogen-bond donors (Lipinski definition) is 0. The fraction of sp³-hybridized carbons (Fsp3) is 0.568. The smallest absolute Gasteiger partial charge is 0.210 e. The summed E-state index contributed by atoms with van der Waals surface area (Å²) >= 11 is 0. The number of unbranched alkanes of at least 4 members (excludes halogenated alkanes) is 12. The van der Waals surface area contributed by atoms with Crippen molar-refractivity contribution in [3.05, 3.63) is 88.0 Å². The quantitative estimate of drug-likeness (QED) is 0.0837. The molecule has 0 aliphatic carbocycles. The van der Waals surface area contributed by atoms with E-state index in [1.165, 1.54) is 111 Å². The monoisotopic (exact) mass is 586 g/mol. The van der Waals surface area contributed by atoms with Gasteiger partial charge in [-0.15, -0.1) is 0 Å². The van der Waals surface area contributed by atoms with Crippen molar-refractivity contribution in [2.45, 2.75) is 136 Å². The fourth-order valence-electron chi connectivity index (χ4n) is 5.71. The van der Waals surface area contributed by atoms with Gasteiger partial charge in [0.15, 0.2) is 0 Å². The van der Waals surface area contributed by atoms with Gasteiger partial charge < -0.3 is 8.38 Å². The Hall–Kier alpha value is -1.99. The summed E-state index contributed by atoms with van der Waals surface area (Å²) in [4.78, 5) is 0. The topological polar surface area (TPSA) is 25.3 Å². The van der Waals surface area contributed by atoms with Crippen molar-refractivity contribution in [3.63, 3.8) is 0 Å². The van der Waals surface area contributed by atoms with Crippen molar-refractivity contribution in [3.8, 4) is 0 Å². The number of allylic oxidation sites excluding steroid dienone is 2. The first-order valence-corrected chi connectivity index (χ1v) is 16.3. The molecule has 0 radical (unpaired) electrons. The van der Waals surface area contributed by atoms with Crippen molar-refractivity contribution in [2.24, 2.45) is 0 Å². The summed E-state index contributed by atoms with van der Waals surface area (Å²) in [6, 6.07) is 17.8. The summed E-state index contributed by atoms with van der Waals surface area (Å²) in [6.45, 7) is 6.80. The van der Waals surface area contributed by atoms with Gasteiger partial charge >= 0.3 is 0 Å². The van der Waals surface area contributed by atoms with Crippen molar-refractivity contribution < 1.29 is 24.0 Å². The molecular weight excluding hydrogens is 531 g/mol. The predicted molar refractivity (Wildman–Crippen MR) is 172 cm³/mol. The number of nitrogens with zero attached hydrogens (tertiary/aromatic N) is 2. The Kier molecular flexibility index (Phi) is 17.1. The normalized spacial score (nSPS) is 13.1. The van der Waals surface area contributed by atoms with Crippen molar-refractivity contribution >= 4 is 11.4 Å². The second kappa shape index (κ2) is 20.0. The maximum Gasteiger partial charge on any atom is 0.210 e. The Balaban J connectivity index is 0.00000560. The van der Waals surface area contributed by atoms with E-state index >= 15 is 0 Å². The van der Waals surface area contributed by atoms with Crippen LogP contribution in [0.2, 0.25) is 0 Å². The molecule has 0 aromatic heterocycles. The van der Waals surface area contributed by atoms with Crippen molar-refractivity contribution in [2.75, 3.05) is 0 Å². The summed E-state index contributed by atoms with van der Waals surface area (Å²) in [7, 11) is 0. The zero-order chi connectivity index (χ0) is 27.7. The van der Waals surface area contributed by atoms with E-state index in [1.54, 1.807) is 0 Å². The predicted octanol–water partition coefficient (Wildman–Crippen LogP) is 12.1. The van der Waals surface area contributed by atoms with Crippen molar-refractivity contribution in [1.29, 1.82) is 0 Å². The van der Waals surface area contributed by atoms with Crippen LogP contribution in [0.5, 0.6) is 0 Å². The maximum atomic E-state index is 11.4. The Bertz CT molecular complexity index is 1060. The summed E-state index contributed by atoms with van der Waals surface area (Å²) in [5.41, 5.74) is 19.5. The van der Waals surface area contributed by atoms with Crippen LogP contribution in [0, 0.1) is 0 Å². The van der Waals surface area contributed by atoms with Crippen LogP contribution in [-0.4, -0.2) is 4.70 Å². The van der Waals surface area contributed by atoms with Crippen LogP contribution >= 0.6 is 0 Å². The Labute approximate surface area is 259 Å². The van der Waals surface area contributed by atoms with Gasteiger partial charge in [0.25, 0.3) is 0 Å². The van der Waals surface area contributed by atoms with Crippen molar-refractivity contribution in [1.82, 2.24) is 0 Å². The van der Waals surface area contributed by atoms with E-state index in [0.717, 1.165) is 48.2 Å². The van der Waals surface area contributed by atoms with E-state index < -0.39 is 0 Å². The zero-order valence-electron chi connectivity index (χ0n) is 27.6. The maximum absolute atomic E-state index is 11.4. The van der Waals surface area contributed by atoms with Gasteiger partial charge in [-0.2, -0.15) is 0 Å². The molecule has 1 aliphatic rings. The minimum Gasteiger partial charge on any atom is -1.00 e. The molecule has 1 aliphatic heterocycles. The van der Waals surface area contributed by atoms with E-state index in [9.17, 15) is 5.53 Å². The fourth-order valence-corrected chi connectivity index (χ4v) is 5.71. The van der Waals surface area contributed by atoms with E-state index in [1.807, 2.05) is 0 Å². The van der Waals surface area contributed by atoms with Gasteiger partial charge in [0.2, 0.25) is 11.4 Å². The molecule has 0 spiro atoms. The number of rotatable bonds is 20. The first-order chi connectivity index (χ1) is 19.2. The molecule has 0 atom stereocenters. The first-order valence-electron chi connectivity index (χ1n) is 16.3. The van der Waals surface area contributed by atoms with E-state index in [4.69, 9.17) is 0 Å². The molecule has 40 heavy (non-hydrogen) atoms. The second-order valence-corrected chi connectivity index (χ2v) is 11.6. The van der Waals surface area contributed by atoms with Gasteiger partial charge in [-0.3, -0.25) is 0 Å². The molecule has 2 nitrogen and oxygen atoms in total. The Morgan fingerprint density at radius 2 is 0.925 bits per heavy atom. The summed E-state index contributed by atoms with van der Waals surface area (Å²) in [5.74, 6) is 0. The molecule has 0 saturated heterocycles. The van der Waals surface area contributed by atoms with Crippen LogP contribution in [0.3, 0.4) is 0 Å². The molecule has 1 heterocycles. The molecule has 3 heteroatoms. The average Bonchev–Trinajstić information content (AvgIpc) is 3.29. The van der Waals surface area contributed by atoms with Crippen LogP contribution in [0.1, 0.15) is 149 Å². The Morgan fingerprint density at radius 1 is 0.525 bits per heavy atom. The van der Waals surface area contributed by atoms with Gasteiger partial charge in [0.1, 0.15) is 0 Å². The SMILES string of the molecule is CCCCCCCCc1ccc(C2=CC(CCCCC)=C(c3ccc(CCCCCCCC)cc3)[N+]2=[N-])cc1.[H-].[H-].[Ni]. The van der Waals surface area contributed by atoms with E-state index in [0.29, 0.717) is 0 Å². The molecule has 0 N–H and O–H groups in total. The van der Waals surface area contributed by atoms with Gasteiger partial charge in [0.05, 0.1) is 0 Å². The molecule has 0 unspecified atom stereocenters. The average molecular weight is 588 g/mol. The van der Waals surface area contributed by atoms with E-state index in [-0.39, 0.29) is 19.3 Å². The van der Waals surface area contributed by atoms with E-state index in [2.05, 4.69) is 75.4 Å². The third-order valence-corrected chi connectivity index (χ3v) is 8.22. The number of hydrogen-bond acceptors (Lipinski definition) is 0. The van der Waals surface area contributed by atoms with Crippen LogP contribution in [0.4, 0.5) is 0 Å². The second-order valence-electron chi connectivity index (χ2n) is 11.6. The molecular formula is C37H56N2Ni-2. The first kappa shape index (κ1) is 34.2.